The molecule has 3 N–H and O–H groups in total. The van der Waals surface area contributed by atoms with Crippen LogP contribution in [0.2, 0.25) is 0 Å². The molecule has 0 aliphatic carbocycles. The van der Waals surface area contributed by atoms with Crippen molar-refractivity contribution in [2.24, 2.45) is 0 Å². The molecule has 0 heterocycles. The SMILES string of the molecule is COc1ccc(N)c(NC(=O)c2cc(F)ccc2Br)c1. The number of hydrogen-bond donors (Lipinski definition) is 2. The highest BCUT2D eigenvalue weighted by Crippen LogP contribution is 2.26. The van der Waals surface area contributed by atoms with Crippen molar-refractivity contribution in [3.63, 3.8) is 0 Å². The van der Waals surface area contributed by atoms with Gasteiger partial charge in [-0.25, -0.2) is 4.39 Å². The van der Waals surface area contributed by atoms with Crippen LogP contribution in [0.1, 0.15) is 10.4 Å². The van der Waals surface area contributed by atoms with Crippen LogP contribution in [0.25, 0.3) is 0 Å². The summed E-state index contributed by atoms with van der Waals surface area (Å²) < 4.78 is 18.8. The van der Waals surface area contributed by atoms with Crippen LogP contribution >= 0.6 is 15.9 Å². The average Bonchev–Trinajstić information content (AvgIpc) is 2.43. The number of carbonyl (C=O) groups is 1. The van der Waals surface area contributed by atoms with E-state index in [1.165, 1.54) is 19.2 Å². The molecule has 1 amide bonds. The van der Waals surface area contributed by atoms with Crippen LogP contribution in [0.4, 0.5) is 15.8 Å². The number of rotatable bonds is 3. The van der Waals surface area contributed by atoms with E-state index < -0.39 is 11.7 Å². The second-order valence-electron chi connectivity index (χ2n) is 4.03. The van der Waals surface area contributed by atoms with Crippen LogP contribution in [0, 0.1) is 5.82 Å². The van der Waals surface area contributed by atoms with Crippen LogP contribution in [0.3, 0.4) is 0 Å². The molecule has 2 aromatic carbocycles. The number of ether oxygens (including phenoxy) is 1. The molecule has 0 bridgehead atoms. The number of carbonyl (C=O) groups excluding carboxylic acids is 1. The lowest BCUT2D eigenvalue weighted by molar-refractivity contribution is 0.102. The number of nitrogens with two attached hydrogens (primary N) is 1. The van der Waals surface area contributed by atoms with Crippen molar-refractivity contribution < 1.29 is 13.9 Å². The van der Waals surface area contributed by atoms with Gasteiger partial charge in [0.05, 0.1) is 24.0 Å². The smallest absolute Gasteiger partial charge is 0.256 e. The molecule has 104 valence electrons. The zero-order valence-corrected chi connectivity index (χ0v) is 12.2. The van der Waals surface area contributed by atoms with Gasteiger partial charge in [-0.05, 0) is 46.3 Å². The fourth-order valence-corrected chi connectivity index (χ4v) is 2.06. The lowest BCUT2D eigenvalue weighted by atomic mass is 10.2. The lowest BCUT2D eigenvalue weighted by Gasteiger charge is -2.11. The van der Waals surface area contributed by atoms with E-state index in [2.05, 4.69) is 21.2 Å². The minimum absolute atomic E-state index is 0.187. The van der Waals surface area contributed by atoms with Gasteiger partial charge in [0.25, 0.3) is 5.91 Å². The maximum atomic E-state index is 13.2. The van der Waals surface area contributed by atoms with Gasteiger partial charge in [0.2, 0.25) is 0 Å². The minimum Gasteiger partial charge on any atom is -0.497 e. The maximum Gasteiger partial charge on any atom is 0.256 e. The van der Waals surface area contributed by atoms with Crippen molar-refractivity contribution in [1.29, 1.82) is 0 Å². The molecule has 0 fully saturated rings. The van der Waals surface area contributed by atoms with E-state index in [0.29, 0.717) is 21.6 Å². The normalized spacial score (nSPS) is 10.2. The first-order valence-electron chi connectivity index (χ1n) is 5.71. The number of halogens is 2. The highest BCUT2D eigenvalue weighted by atomic mass is 79.9. The summed E-state index contributed by atoms with van der Waals surface area (Å²) in [5.74, 6) is -0.388. The Hall–Kier alpha value is -2.08. The zero-order valence-electron chi connectivity index (χ0n) is 10.6. The molecule has 2 rings (SSSR count). The van der Waals surface area contributed by atoms with Crippen molar-refractivity contribution in [1.82, 2.24) is 0 Å². The van der Waals surface area contributed by atoms with E-state index in [1.807, 2.05) is 0 Å². The van der Waals surface area contributed by atoms with E-state index >= 15 is 0 Å². The van der Waals surface area contributed by atoms with Gasteiger partial charge in [0, 0.05) is 10.5 Å². The van der Waals surface area contributed by atoms with Crippen LogP contribution in [-0.4, -0.2) is 13.0 Å². The molecule has 0 saturated carbocycles. The largest absolute Gasteiger partial charge is 0.497 e. The molecule has 0 spiro atoms. The summed E-state index contributed by atoms with van der Waals surface area (Å²) in [5, 5.41) is 2.63. The Kier molecular flexibility index (Phi) is 4.24. The molecule has 0 unspecified atom stereocenters. The number of benzene rings is 2. The molecule has 0 aliphatic heterocycles. The summed E-state index contributed by atoms with van der Waals surface area (Å²) in [6, 6.07) is 8.79. The average molecular weight is 339 g/mol. The summed E-state index contributed by atoms with van der Waals surface area (Å²) in [7, 11) is 1.51. The lowest BCUT2D eigenvalue weighted by Crippen LogP contribution is -2.14. The molecule has 20 heavy (non-hydrogen) atoms. The van der Waals surface area contributed by atoms with Crippen molar-refractivity contribution in [3.05, 3.63) is 52.3 Å². The molecule has 0 aliphatic rings. The van der Waals surface area contributed by atoms with E-state index in [1.54, 1.807) is 18.2 Å². The molecule has 0 aromatic heterocycles. The summed E-state index contributed by atoms with van der Waals surface area (Å²) in [6.07, 6.45) is 0. The predicted octanol–water partition coefficient (Wildman–Crippen LogP) is 3.43. The zero-order chi connectivity index (χ0) is 14.7. The molecule has 6 heteroatoms. The van der Waals surface area contributed by atoms with Crippen molar-refractivity contribution in [2.75, 3.05) is 18.2 Å². The third-order valence-corrected chi connectivity index (χ3v) is 3.37. The molecular weight excluding hydrogens is 327 g/mol. The minimum atomic E-state index is -0.489. The summed E-state index contributed by atoms with van der Waals surface area (Å²) in [5.41, 5.74) is 6.77. The summed E-state index contributed by atoms with van der Waals surface area (Å²) >= 11 is 3.21. The molecule has 0 radical (unpaired) electrons. The molecule has 0 saturated heterocycles. The Morgan fingerprint density at radius 2 is 2.05 bits per heavy atom. The number of nitrogen functional groups attached to an aromatic ring is 1. The first-order chi connectivity index (χ1) is 9.51. The first kappa shape index (κ1) is 14.3. The third-order valence-electron chi connectivity index (χ3n) is 2.68. The van der Waals surface area contributed by atoms with Crippen molar-refractivity contribution in [2.45, 2.75) is 0 Å². The standard InChI is InChI=1S/C14H12BrFN2O2/c1-20-9-3-5-12(17)13(7-9)18-14(19)10-6-8(16)2-4-11(10)15/h2-7H,17H2,1H3,(H,18,19). The first-order valence-corrected chi connectivity index (χ1v) is 6.50. The highest BCUT2D eigenvalue weighted by Gasteiger charge is 2.13. The van der Waals surface area contributed by atoms with Gasteiger partial charge >= 0.3 is 0 Å². The predicted molar refractivity (Wildman–Crippen MR) is 79.5 cm³/mol. The topological polar surface area (TPSA) is 64.3 Å². The number of amides is 1. The maximum absolute atomic E-state index is 13.2. The Morgan fingerprint density at radius 1 is 1.30 bits per heavy atom. The molecule has 4 nitrogen and oxygen atoms in total. The van der Waals surface area contributed by atoms with E-state index in [9.17, 15) is 9.18 Å². The van der Waals surface area contributed by atoms with E-state index in [0.717, 1.165) is 6.07 Å². The van der Waals surface area contributed by atoms with Gasteiger partial charge in [-0.15, -0.1) is 0 Å². The van der Waals surface area contributed by atoms with Gasteiger partial charge in [-0.3, -0.25) is 4.79 Å². The monoisotopic (exact) mass is 338 g/mol. The molecular formula is C14H12BrFN2O2. The van der Waals surface area contributed by atoms with Crippen LogP contribution < -0.4 is 15.8 Å². The number of anilines is 2. The van der Waals surface area contributed by atoms with Crippen LogP contribution in [0.15, 0.2) is 40.9 Å². The molecule has 0 atom stereocenters. The third kappa shape index (κ3) is 3.08. The highest BCUT2D eigenvalue weighted by molar-refractivity contribution is 9.10. The summed E-state index contributed by atoms with van der Waals surface area (Å²) in [4.78, 5) is 12.1. The Morgan fingerprint density at radius 3 is 2.75 bits per heavy atom. The Bertz CT molecular complexity index is 662. The Labute approximate surface area is 123 Å². The van der Waals surface area contributed by atoms with Crippen molar-refractivity contribution >= 4 is 33.2 Å². The number of nitrogens with one attached hydrogen (secondary N) is 1. The number of hydrogen-bond acceptors (Lipinski definition) is 3. The van der Waals surface area contributed by atoms with Crippen LogP contribution in [-0.2, 0) is 0 Å². The quantitative estimate of drug-likeness (QED) is 0.842. The van der Waals surface area contributed by atoms with Crippen LogP contribution in [0.5, 0.6) is 5.75 Å². The second-order valence-corrected chi connectivity index (χ2v) is 4.89. The Balaban J connectivity index is 2.30. The fourth-order valence-electron chi connectivity index (χ4n) is 1.63. The van der Waals surface area contributed by atoms with Gasteiger partial charge in [0.1, 0.15) is 11.6 Å². The van der Waals surface area contributed by atoms with Gasteiger partial charge in [0.15, 0.2) is 0 Å². The fraction of sp³-hybridized carbons (Fsp3) is 0.0714. The second kappa shape index (κ2) is 5.92. The number of methoxy groups -OCH3 is 1. The molecule has 2 aromatic rings. The van der Waals surface area contributed by atoms with Crippen molar-refractivity contribution in [3.8, 4) is 5.75 Å². The van der Waals surface area contributed by atoms with E-state index in [4.69, 9.17) is 10.5 Å². The van der Waals surface area contributed by atoms with Gasteiger partial charge < -0.3 is 15.8 Å². The van der Waals surface area contributed by atoms with Gasteiger partial charge in [-0.2, -0.15) is 0 Å². The van der Waals surface area contributed by atoms with Gasteiger partial charge in [-0.1, -0.05) is 0 Å². The summed E-state index contributed by atoms with van der Waals surface area (Å²) in [6.45, 7) is 0. The van der Waals surface area contributed by atoms with E-state index in [-0.39, 0.29) is 5.56 Å².